The first kappa shape index (κ1) is 19.0. The average molecular weight is 384 g/mol. The quantitative estimate of drug-likeness (QED) is 0.664. The number of carbonyl (C=O) groups excluding carboxylic acids is 1. The van der Waals surface area contributed by atoms with Crippen LogP contribution in [0.5, 0.6) is 5.75 Å². The molecule has 1 amide bonds. The second-order valence-corrected chi connectivity index (χ2v) is 7.05. The van der Waals surface area contributed by atoms with E-state index in [9.17, 15) is 4.79 Å². The van der Waals surface area contributed by atoms with Gasteiger partial charge < -0.3 is 10.1 Å². The third-order valence-corrected chi connectivity index (χ3v) is 4.96. The smallest absolute Gasteiger partial charge is 0.260 e. The van der Waals surface area contributed by atoms with Crippen molar-refractivity contribution in [3.8, 4) is 5.75 Å². The summed E-state index contributed by atoms with van der Waals surface area (Å²) in [4.78, 5) is 12.0. The third-order valence-electron chi connectivity index (χ3n) is 3.27. The van der Waals surface area contributed by atoms with E-state index < -0.39 is 6.10 Å². The summed E-state index contributed by atoms with van der Waals surface area (Å²) < 4.78 is 5.58. The molecule has 24 heavy (non-hydrogen) atoms. The van der Waals surface area contributed by atoms with Crippen molar-refractivity contribution in [1.29, 1.82) is 0 Å². The second kappa shape index (κ2) is 9.82. The molecular formula is C18H19Cl2NO2S. The first-order valence-electron chi connectivity index (χ1n) is 7.58. The number of nitrogens with one attached hydrogen (secondary N) is 1. The van der Waals surface area contributed by atoms with Crippen molar-refractivity contribution in [2.75, 3.05) is 12.3 Å². The van der Waals surface area contributed by atoms with Gasteiger partial charge in [-0.25, -0.2) is 0 Å². The van der Waals surface area contributed by atoms with Crippen LogP contribution in [0.25, 0.3) is 0 Å². The number of hydrogen-bond acceptors (Lipinski definition) is 3. The molecule has 0 fully saturated rings. The van der Waals surface area contributed by atoms with Gasteiger partial charge >= 0.3 is 0 Å². The van der Waals surface area contributed by atoms with E-state index in [0.29, 0.717) is 17.3 Å². The number of carbonyl (C=O) groups is 1. The lowest BCUT2D eigenvalue weighted by atomic mass is 10.2. The molecule has 1 N–H and O–H groups in total. The van der Waals surface area contributed by atoms with E-state index in [1.165, 1.54) is 0 Å². The predicted molar refractivity (Wildman–Crippen MR) is 102 cm³/mol. The van der Waals surface area contributed by atoms with Gasteiger partial charge in [-0.1, -0.05) is 53.5 Å². The van der Waals surface area contributed by atoms with Gasteiger partial charge in [0.2, 0.25) is 0 Å². The maximum atomic E-state index is 12.0. The number of amides is 1. The Kier molecular flexibility index (Phi) is 7.76. The van der Waals surface area contributed by atoms with E-state index in [1.807, 2.05) is 36.4 Å². The topological polar surface area (TPSA) is 38.3 Å². The molecule has 2 aromatic rings. The number of benzene rings is 2. The van der Waals surface area contributed by atoms with E-state index in [0.717, 1.165) is 22.1 Å². The highest BCUT2D eigenvalue weighted by molar-refractivity contribution is 7.98. The number of hydrogen-bond donors (Lipinski definition) is 1. The highest BCUT2D eigenvalue weighted by atomic mass is 35.5. The van der Waals surface area contributed by atoms with Crippen molar-refractivity contribution in [1.82, 2.24) is 5.32 Å². The number of ether oxygens (including phenoxy) is 1. The molecule has 0 aliphatic carbocycles. The first-order valence-corrected chi connectivity index (χ1v) is 9.49. The Balaban J connectivity index is 1.67. The summed E-state index contributed by atoms with van der Waals surface area (Å²) in [6.45, 7) is 2.28. The fourth-order valence-corrected chi connectivity index (χ4v) is 3.30. The number of para-hydroxylation sites is 1. The molecule has 0 heterocycles. The van der Waals surface area contributed by atoms with Crippen molar-refractivity contribution >= 4 is 40.9 Å². The SMILES string of the molecule is C[C@@H](Oc1ccccc1Cl)C(=O)NCCSCc1ccccc1Cl. The van der Waals surface area contributed by atoms with Gasteiger partial charge in [0.15, 0.2) is 6.10 Å². The zero-order valence-electron chi connectivity index (χ0n) is 13.3. The van der Waals surface area contributed by atoms with Gasteiger partial charge in [-0.05, 0) is 30.7 Å². The Morgan fingerprint density at radius 2 is 1.79 bits per heavy atom. The lowest BCUT2D eigenvalue weighted by molar-refractivity contribution is -0.127. The summed E-state index contributed by atoms with van der Waals surface area (Å²) in [5.41, 5.74) is 1.10. The van der Waals surface area contributed by atoms with Gasteiger partial charge in [0.1, 0.15) is 5.75 Å². The molecule has 0 bridgehead atoms. The van der Waals surface area contributed by atoms with Crippen LogP contribution in [0.2, 0.25) is 10.0 Å². The minimum Gasteiger partial charge on any atom is -0.479 e. The second-order valence-electron chi connectivity index (χ2n) is 5.13. The molecule has 6 heteroatoms. The van der Waals surface area contributed by atoms with Gasteiger partial charge in [-0.2, -0.15) is 11.8 Å². The van der Waals surface area contributed by atoms with Crippen LogP contribution >= 0.6 is 35.0 Å². The van der Waals surface area contributed by atoms with Gasteiger partial charge in [-0.3, -0.25) is 4.79 Å². The van der Waals surface area contributed by atoms with Crippen molar-refractivity contribution in [2.24, 2.45) is 0 Å². The van der Waals surface area contributed by atoms with Crippen LogP contribution in [-0.2, 0) is 10.5 Å². The maximum Gasteiger partial charge on any atom is 0.260 e. The Hall–Kier alpha value is -1.36. The van der Waals surface area contributed by atoms with Crippen LogP contribution in [-0.4, -0.2) is 24.3 Å². The van der Waals surface area contributed by atoms with E-state index in [4.69, 9.17) is 27.9 Å². The summed E-state index contributed by atoms with van der Waals surface area (Å²) in [5, 5.41) is 4.13. The molecule has 0 aliphatic heterocycles. The monoisotopic (exact) mass is 383 g/mol. The van der Waals surface area contributed by atoms with Gasteiger partial charge in [0.05, 0.1) is 5.02 Å². The van der Waals surface area contributed by atoms with Crippen LogP contribution in [0.15, 0.2) is 48.5 Å². The van der Waals surface area contributed by atoms with Crippen molar-refractivity contribution in [3.63, 3.8) is 0 Å². The van der Waals surface area contributed by atoms with Crippen LogP contribution in [0, 0.1) is 0 Å². The summed E-state index contributed by atoms with van der Waals surface area (Å²) in [6, 6.07) is 14.9. The molecule has 3 nitrogen and oxygen atoms in total. The summed E-state index contributed by atoms with van der Waals surface area (Å²) in [6.07, 6.45) is -0.599. The van der Waals surface area contributed by atoms with Gasteiger partial charge in [-0.15, -0.1) is 0 Å². The molecule has 0 saturated heterocycles. The zero-order valence-corrected chi connectivity index (χ0v) is 15.6. The molecule has 1 atom stereocenters. The van der Waals surface area contributed by atoms with Crippen LogP contribution in [0.3, 0.4) is 0 Å². The zero-order chi connectivity index (χ0) is 17.4. The Labute approximate surface area is 156 Å². The molecule has 128 valence electrons. The van der Waals surface area contributed by atoms with Crippen LogP contribution in [0.4, 0.5) is 0 Å². The number of halogens is 2. The normalized spacial score (nSPS) is 11.8. The van der Waals surface area contributed by atoms with E-state index >= 15 is 0 Å². The predicted octanol–water partition coefficient (Wildman–Crippen LogP) is 4.81. The minimum atomic E-state index is -0.599. The van der Waals surface area contributed by atoms with Crippen molar-refractivity contribution < 1.29 is 9.53 Å². The fourth-order valence-electron chi connectivity index (χ4n) is 1.97. The molecule has 0 unspecified atom stereocenters. The molecule has 0 saturated carbocycles. The molecule has 2 rings (SSSR count). The summed E-state index contributed by atoms with van der Waals surface area (Å²) in [5.74, 6) is 1.97. The van der Waals surface area contributed by atoms with E-state index in [-0.39, 0.29) is 5.91 Å². The minimum absolute atomic E-state index is 0.159. The number of thioether (sulfide) groups is 1. The third kappa shape index (κ3) is 5.93. The molecule has 0 spiro atoms. The Bertz CT molecular complexity index is 682. The maximum absolute atomic E-state index is 12.0. The molecule has 0 aliphatic rings. The molecule has 0 radical (unpaired) electrons. The highest BCUT2D eigenvalue weighted by Crippen LogP contribution is 2.24. The van der Waals surface area contributed by atoms with Crippen molar-refractivity contribution in [2.45, 2.75) is 18.8 Å². The number of rotatable bonds is 8. The molecule has 0 aromatic heterocycles. The Morgan fingerprint density at radius 1 is 1.12 bits per heavy atom. The van der Waals surface area contributed by atoms with Gasteiger partial charge in [0.25, 0.3) is 5.91 Å². The van der Waals surface area contributed by atoms with Gasteiger partial charge in [0, 0.05) is 23.1 Å². The average Bonchev–Trinajstić information content (AvgIpc) is 2.58. The van der Waals surface area contributed by atoms with E-state index in [2.05, 4.69) is 5.32 Å². The first-order chi connectivity index (χ1) is 11.6. The van der Waals surface area contributed by atoms with Crippen LogP contribution in [0.1, 0.15) is 12.5 Å². The highest BCUT2D eigenvalue weighted by Gasteiger charge is 2.15. The fraction of sp³-hybridized carbons (Fsp3) is 0.278. The largest absolute Gasteiger partial charge is 0.479 e. The standard InChI is InChI=1S/C18H19Cl2NO2S/c1-13(23-17-9-5-4-8-16(17)20)18(22)21-10-11-24-12-14-6-2-3-7-15(14)19/h2-9,13H,10-12H2,1H3,(H,21,22)/t13-/m1/s1. The van der Waals surface area contributed by atoms with Crippen LogP contribution < -0.4 is 10.1 Å². The summed E-state index contributed by atoms with van der Waals surface area (Å²) in [7, 11) is 0. The summed E-state index contributed by atoms with van der Waals surface area (Å²) >= 11 is 13.8. The molecular weight excluding hydrogens is 365 g/mol. The lowest BCUT2D eigenvalue weighted by Crippen LogP contribution is -2.37. The Morgan fingerprint density at radius 3 is 2.50 bits per heavy atom. The van der Waals surface area contributed by atoms with Crippen molar-refractivity contribution in [3.05, 3.63) is 64.1 Å². The molecule has 2 aromatic carbocycles. The lowest BCUT2D eigenvalue weighted by Gasteiger charge is -2.15. The van der Waals surface area contributed by atoms with E-state index in [1.54, 1.807) is 30.8 Å².